The van der Waals surface area contributed by atoms with E-state index >= 15 is 0 Å². The third-order valence-electron chi connectivity index (χ3n) is 3.34. The molecule has 0 aliphatic carbocycles. The molecular weight excluding hydrogens is 348 g/mol. The molecule has 1 heterocycles. The van der Waals surface area contributed by atoms with Gasteiger partial charge in [-0.25, -0.2) is 4.98 Å². The second-order valence-electron chi connectivity index (χ2n) is 5.46. The summed E-state index contributed by atoms with van der Waals surface area (Å²) in [5.74, 6) is -0.0578. The quantitative estimate of drug-likeness (QED) is 0.868. The molecule has 1 amide bonds. The number of nitrogens with zero attached hydrogens (tertiary/aromatic N) is 1. The van der Waals surface area contributed by atoms with Crippen LogP contribution < -0.4 is 5.32 Å². The van der Waals surface area contributed by atoms with Crippen LogP contribution in [-0.4, -0.2) is 10.9 Å². The van der Waals surface area contributed by atoms with Crippen LogP contribution in [0.4, 0.5) is 0 Å². The van der Waals surface area contributed by atoms with Gasteiger partial charge >= 0.3 is 0 Å². The Morgan fingerprint density at radius 2 is 1.95 bits per heavy atom. The first-order valence-corrected chi connectivity index (χ1v) is 8.49. The molecule has 21 heavy (non-hydrogen) atoms. The minimum atomic E-state index is -0.430. The Labute approximate surface area is 137 Å². The summed E-state index contributed by atoms with van der Waals surface area (Å²) in [6.45, 7) is 7.94. The van der Waals surface area contributed by atoms with Crippen LogP contribution >= 0.6 is 27.3 Å². The van der Waals surface area contributed by atoms with E-state index in [2.05, 4.69) is 26.2 Å². The summed E-state index contributed by atoms with van der Waals surface area (Å²) in [5, 5.41) is 4.10. The standard InChI is InChI=1S/C16H19BrN2OS/c1-5-13-18-10(2)14(21-13)15(20)19-16(3,4)11-6-8-12(17)9-7-11/h6-9H,5H2,1-4H3,(H,19,20). The summed E-state index contributed by atoms with van der Waals surface area (Å²) < 4.78 is 1.03. The van der Waals surface area contributed by atoms with E-state index in [1.54, 1.807) is 0 Å². The first-order valence-electron chi connectivity index (χ1n) is 6.88. The van der Waals surface area contributed by atoms with Gasteiger partial charge in [0.1, 0.15) is 4.88 Å². The number of benzene rings is 1. The Balaban J connectivity index is 2.21. The van der Waals surface area contributed by atoms with E-state index in [0.717, 1.165) is 27.2 Å². The van der Waals surface area contributed by atoms with Gasteiger partial charge in [0, 0.05) is 4.47 Å². The minimum Gasteiger partial charge on any atom is -0.342 e. The lowest BCUT2D eigenvalue weighted by Crippen LogP contribution is -2.40. The molecule has 0 unspecified atom stereocenters. The molecule has 1 aromatic carbocycles. The van der Waals surface area contributed by atoms with Crippen molar-refractivity contribution in [2.75, 3.05) is 0 Å². The molecule has 0 bridgehead atoms. The zero-order valence-corrected chi connectivity index (χ0v) is 15.1. The number of hydrogen-bond acceptors (Lipinski definition) is 3. The van der Waals surface area contributed by atoms with Gasteiger partial charge in [-0.05, 0) is 44.9 Å². The summed E-state index contributed by atoms with van der Waals surface area (Å²) >= 11 is 4.90. The number of amides is 1. The highest BCUT2D eigenvalue weighted by Crippen LogP contribution is 2.24. The molecule has 0 saturated carbocycles. The number of aryl methyl sites for hydroxylation is 2. The van der Waals surface area contributed by atoms with Crippen LogP contribution in [0, 0.1) is 6.92 Å². The van der Waals surface area contributed by atoms with Gasteiger partial charge in [-0.3, -0.25) is 4.79 Å². The topological polar surface area (TPSA) is 42.0 Å². The number of halogens is 1. The van der Waals surface area contributed by atoms with E-state index in [-0.39, 0.29) is 5.91 Å². The van der Waals surface area contributed by atoms with Crippen molar-refractivity contribution < 1.29 is 4.79 Å². The normalized spacial score (nSPS) is 11.5. The largest absolute Gasteiger partial charge is 0.342 e. The molecule has 112 valence electrons. The number of rotatable bonds is 4. The molecule has 0 saturated heterocycles. The Morgan fingerprint density at radius 1 is 1.33 bits per heavy atom. The zero-order valence-electron chi connectivity index (χ0n) is 12.7. The number of hydrogen-bond donors (Lipinski definition) is 1. The van der Waals surface area contributed by atoms with E-state index in [1.807, 2.05) is 52.0 Å². The van der Waals surface area contributed by atoms with Crippen LogP contribution in [0.2, 0.25) is 0 Å². The van der Waals surface area contributed by atoms with Gasteiger partial charge in [0.25, 0.3) is 5.91 Å². The highest BCUT2D eigenvalue weighted by molar-refractivity contribution is 9.10. The Hall–Kier alpha value is -1.20. The first-order chi connectivity index (χ1) is 9.83. The van der Waals surface area contributed by atoms with Crippen LogP contribution in [0.5, 0.6) is 0 Å². The number of carbonyl (C=O) groups excluding carboxylic acids is 1. The van der Waals surface area contributed by atoms with Gasteiger partial charge in [0.05, 0.1) is 16.2 Å². The van der Waals surface area contributed by atoms with Crippen molar-refractivity contribution in [1.29, 1.82) is 0 Å². The molecule has 3 nitrogen and oxygen atoms in total. The van der Waals surface area contributed by atoms with Crippen LogP contribution in [0.1, 0.15) is 46.7 Å². The molecule has 0 aliphatic heterocycles. The van der Waals surface area contributed by atoms with Gasteiger partial charge in [-0.2, -0.15) is 0 Å². The molecule has 5 heteroatoms. The summed E-state index contributed by atoms with van der Waals surface area (Å²) in [7, 11) is 0. The second kappa shape index (κ2) is 6.28. The second-order valence-corrected chi connectivity index (χ2v) is 7.46. The lowest BCUT2D eigenvalue weighted by molar-refractivity contribution is 0.0915. The summed E-state index contributed by atoms with van der Waals surface area (Å²) in [6.07, 6.45) is 0.856. The lowest BCUT2D eigenvalue weighted by Gasteiger charge is -2.26. The Kier molecular flexibility index (Phi) is 4.84. The average Bonchev–Trinajstić information content (AvgIpc) is 2.80. The number of aromatic nitrogens is 1. The maximum Gasteiger partial charge on any atom is 0.263 e. The molecule has 2 aromatic rings. The van der Waals surface area contributed by atoms with Crippen LogP contribution in [0.25, 0.3) is 0 Å². The average molecular weight is 367 g/mol. The zero-order chi connectivity index (χ0) is 15.6. The van der Waals surface area contributed by atoms with Crippen molar-refractivity contribution in [3.8, 4) is 0 Å². The number of nitrogens with one attached hydrogen (secondary N) is 1. The van der Waals surface area contributed by atoms with Crippen LogP contribution in [-0.2, 0) is 12.0 Å². The molecule has 1 N–H and O–H groups in total. The molecule has 2 rings (SSSR count). The molecule has 0 atom stereocenters. The van der Waals surface area contributed by atoms with E-state index in [4.69, 9.17) is 0 Å². The van der Waals surface area contributed by atoms with E-state index in [9.17, 15) is 4.79 Å². The SMILES string of the molecule is CCc1nc(C)c(C(=O)NC(C)(C)c2ccc(Br)cc2)s1. The molecule has 1 aromatic heterocycles. The molecule has 0 radical (unpaired) electrons. The van der Waals surface area contributed by atoms with Crippen molar-refractivity contribution in [1.82, 2.24) is 10.3 Å². The number of carbonyl (C=O) groups is 1. The summed E-state index contributed by atoms with van der Waals surface area (Å²) in [4.78, 5) is 17.6. The van der Waals surface area contributed by atoms with E-state index < -0.39 is 5.54 Å². The smallest absolute Gasteiger partial charge is 0.263 e. The van der Waals surface area contributed by atoms with Crippen molar-refractivity contribution in [2.24, 2.45) is 0 Å². The molecule has 0 aliphatic rings. The monoisotopic (exact) mass is 366 g/mol. The Morgan fingerprint density at radius 3 is 2.48 bits per heavy atom. The number of thiazole rings is 1. The minimum absolute atomic E-state index is 0.0578. The maximum absolute atomic E-state index is 12.5. The van der Waals surface area contributed by atoms with Crippen molar-refractivity contribution >= 4 is 33.2 Å². The van der Waals surface area contributed by atoms with Crippen LogP contribution in [0.3, 0.4) is 0 Å². The fraction of sp³-hybridized carbons (Fsp3) is 0.375. The predicted octanol–water partition coefficient (Wildman–Crippen LogP) is 4.44. The lowest BCUT2D eigenvalue weighted by atomic mass is 9.94. The highest BCUT2D eigenvalue weighted by Gasteiger charge is 2.25. The van der Waals surface area contributed by atoms with Gasteiger partial charge in [-0.15, -0.1) is 11.3 Å². The molecule has 0 fully saturated rings. The summed E-state index contributed by atoms with van der Waals surface area (Å²) in [6, 6.07) is 8.00. The van der Waals surface area contributed by atoms with Crippen LogP contribution in [0.15, 0.2) is 28.7 Å². The fourth-order valence-corrected chi connectivity index (χ4v) is 3.26. The third kappa shape index (κ3) is 3.71. The van der Waals surface area contributed by atoms with Crippen molar-refractivity contribution in [2.45, 2.75) is 39.7 Å². The van der Waals surface area contributed by atoms with Gasteiger partial charge < -0.3 is 5.32 Å². The third-order valence-corrected chi connectivity index (χ3v) is 5.17. The molecule has 0 spiro atoms. The van der Waals surface area contributed by atoms with Gasteiger partial charge in [0.15, 0.2) is 0 Å². The van der Waals surface area contributed by atoms with Crippen molar-refractivity contribution in [3.63, 3.8) is 0 Å². The first kappa shape index (κ1) is 16.2. The Bertz CT molecular complexity index is 647. The van der Waals surface area contributed by atoms with E-state index in [1.165, 1.54) is 11.3 Å². The highest BCUT2D eigenvalue weighted by atomic mass is 79.9. The van der Waals surface area contributed by atoms with Crippen molar-refractivity contribution in [3.05, 3.63) is 49.9 Å². The van der Waals surface area contributed by atoms with E-state index in [0.29, 0.717) is 4.88 Å². The summed E-state index contributed by atoms with van der Waals surface area (Å²) in [5.41, 5.74) is 1.44. The fourth-order valence-electron chi connectivity index (χ4n) is 2.09. The predicted molar refractivity (Wildman–Crippen MR) is 90.9 cm³/mol. The molecular formula is C16H19BrN2OS. The van der Waals surface area contributed by atoms with Gasteiger partial charge in [0.2, 0.25) is 0 Å². The van der Waals surface area contributed by atoms with Gasteiger partial charge in [-0.1, -0.05) is 35.0 Å². The maximum atomic E-state index is 12.5.